The Morgan fingerprint density at radius 3 is 2.80 bits per heavy atom. The van der Waals surface area contributed by atoms with Gasteiger partial charge < -0.3 is 4.90 Å². The van der Waals surface area contributed by atoms with Crippen molar-refractivity contribution in [2.75, 3.05) is 11.9 Å². The molecule has 0 radical (unpaired) electrons. The van der Waals surface area contributed by atoms with E-state index in [1.54, 1.807) is 12.1 Å². The molecule has 1 atom stereocenters. The van der Waals surface area contributed by atoms with E-state index in [-0.39, 0.29) is 11.9 Å². The number of aromatic nitrogens is 3. The van der Waals surface area contributed by atoms with E-state index in [9.17, 15) is 4.39 Å². The Kier molecular flexibility index (Phi) is 4.54. The van der Waals surface area contributed by atoms with Gasteiger partial charge in [0.05, 0.1) is 6.04 Å². The van der Waals surface area contributed by atoms with Crippen molar-refractivity contribution in [3.63, 3.8) is 0 Å². The first kappa shape index (κ1) is 14.7. The van der Waals surface area contributed by atoms with Gasteiger partial charge in [-0.05, 0) is 31.6 Å². The number of anilines is 1. The van der Waals surface area contributed by atoms with Crippen LogP contribution in [0.5, 0.6) is 0 Å². The fraction of sp³-hybridized carbons (Fsp3) is 0.429. The van der Waals surface area contributed by atoms with Crippen LogP contribution in [0.25, 0.3) is 0 Å². The summed E-state index contributed by atoms with van der Waals surface area (Å²) in [5.41, 5.74) is 0.645. The molecule has 0 amide bonds. The first-order chi connectivity index (χ1) is 9.56. The Bertz CT molecular complexity index is 634. The second-order valence-corrected chi connectivity index (χ2v) is 5.18. The van der Waals surface area contributed by atoms with Crippen LogP contribution < -0.4 is 4.90 Å². The van der Waals surface area contributed by atoms with Crippen LogP contribution in [0, 0.1) is 10.6 Å². The van der Waals surface area contributed by atoms with E-state index in [1.165, 1.54) is 6.07 Å². The average Bonchev–Trinajstić information content (AvgIpc) is 2.80. The average molecular weight is 294 g/mol. The highest BCUT2D eigenvalue weighted by atomic mass is 32.1. The molecule has 0 spiro atoms. The van der Waals surface area contributed by atoms with E-state index in [0.29, 0.717) is 10.3 Å². The van der Waals surface area contributed by atoms with Crippen molar-refractivity contribution < 1.29 is 4.39 Å². The van der Waals surface area contributed by atoms with Gasteiger partial charge in [-0.15, -0.1) is 5.10 Å². The Hall–Kier alpha value is -1.69. The Morgan fingerprint density at radius 1 is 1.45 bits per heavy atom. The molecule has 6 heteroatoms. The van der Waals surface area contributed by atoms with E-state index < -0.39 is 0 Å². The predicted octanol–water partition coefficient (Wildman–Crippen LogP) is 3.69. The number of hydrogen-bond acceptors (Lipinski definition) is 3. The minimum absolute atomic E-state index is 0.128. The molecular weight excluding hydrogens is 275 g/mol. The molecule has 2 rings (SSSR count). The summed E-state index contributed by atoms with van der Waals surface area (Å²) in [5, 5.41) is 7.06. The van der Waals surface area contributed by atoms with E-state index in [0.717, 1.165) is 18.9 Å². The third kappa shape index (κ3) is 2.75. The van der Waals surface area contributed by atoms with Crippen molar-refractivity contribution in [3.8, 4) is 0 Å². The monoisotopic (exact) mass is 294 g/mol. The maximum absolute atomic E-state index is 13.9. The molecule has 20 heavy (non-hydrogen) atoms. The molecule has 1 heterocycles. The van der Waals surface area contributed by atoms with Gasteiger partial charge in [-0.3, -0.25) is 4.57 Å². The molecule has 1 N–H and O–H groups in total. The zero-order chi connectivity index (χ0) is 14.7. The zero-order valence-corrected chi connectivity index (χ0v) is 12.7. The first-order valence-corrected chi connectivity index (χ1v) is 7.09. The number of nitrogens with one attached hydrogen (secondary N) is 1. The molecule has 0 aliphatic rings. The van der Waals surface area contributed by atoms with E-state index >= 15 is 0 Å². The minimum atomic E-state index is -0.206. The highest BCUT2D eigenvalue weighted by Crippen LogP contribution is 2.25. The van der Waals surface area contributed by atoms with Gasteiger partial charge in [0.15, 0.2) is 4.77 Å². The molecule has 0 bridgehead atoms. The van der Waals surface area contributed by atoms with Crippen LogP contribution in [0.3, 0.4) is 0 Å². The number of halogens is 1. The van der Waals surface area contributed by atoms with Crippen molar-refractivity contribution in [2.45, 2.75) is 32.9 Å². The third-order valence-electron chi connectivity index (χ3n) is 3.44. The lowest BCUT2D eigenvalue weighted by atomic mass is 10.1. The van der Waals surface area contributed by atoms with Crippen LogP contribution >= 0.6 is 12.2 Å². The zero-order valence-electron chi connectivity index (χ0n) is 11.9. The smallest absolute Gasteiger partial charge is 0.225 e. The molecular formula is C14H19FN4S. The molecule has 0 aliphatic carbocycles. The fourth-order valence-electron chi connectivity index (χ4n) is 2.20. The lowest BCUT2D eigenvalue weighted by Crippen LogP contribution is -2.26. The standard InChI is InChI=1S/C14H19FN4S/c1-4-9-19-13(16-17-14(19)20)18(3)10(2)11-7-5-6-8-12(11)15/h5-8,10H,4,9H2,1-3H3,(H,17,20). The SMILES string of the molecule is CCCn1c(N(C)C(C)c2ccccc2F)n[nH]c1=S. The van der Waals surface area contributed by atoms with Crippen molar-refractivity contribution in [1.29, 1.82) is 0 Å². The summed E-state index contributed by atoms with van der Waals surface area (Å²) >= 11 is 5.23. The summed E-state index contributed by atoms with van der Waals surface area (Å²) in [6, 6.07) is 6.67. The van der Waals surface area contributed by atoms with Crippen LogP contribution in [0.1, 0.15) is 31.9 Å². The summed E-state index contributed by atoms with van der Waals surface area (Å²) in [5.74, 6) is 0.524. The second-order valence-electron chi connectivity index (χ2n) is 4.79. The number of rotatable bonds is 5. The van der Waals surface area contributed by atoms with Crippen LogP contribution in [-0.2, 0) is 6.54 Å². The largest absolute Gasteiger partial charge is 0.337 e. The van der Waals surface area contributed by atoms with Gasteiger partial charge >= 0.3 is 0 Å². The lowest BCUT2D eigenvalue weighted by molar-refractivity contribution is 0.573. The van der Waals surface area contributed by atoms with Crippen LogP contribution in [0.4, 0.5) is 10.3 Å². The van der Waals surface area contributed by atoms with Gasteiger partial charge in [-0.25, -0.2) is 9.49 Å². The normalized spacial score (nSPS) is 12.4. The van der Waals surface area contributed by atoms with Crippen molar-refractivity contribution >= 4 is 18.2 Å². The maximum atomic E-state index is 13.9. The molecule has 4 nitrogen and oxygen atoms in total. The number of H-pyrrole nitrogens is 1. The summed E-state index contributed by atoms with van der Waals surface area (Å²) in [4.78, 5) is 1.93. The second kappa shape index (κ2) is 6.17. The molecule has 1 aromatic carbocycles. The van der Waals surface area contributed by atoms with Crippen LogP contribution in [0.15, 0.2) is 24.3 Å². The maximum Gasteiger partial charge on any atom is 0.225 e. The highest BCUT2D eigenvalue weighted by molar-refractivity contribution is 7.71. The minimum Gasteiger partial charge on any atom is -0.337 e. The predicted molar refractivity (Wildman–Crippen MR) is 80.9 cm³/mol. The Balaban J connectivity index is 2.34. The summed E-state index contributed by atoms with van der Waals surface area (Å²) in [6.45, 7) is 4.82. The molecule has 1 unspecified atom stereocenters. The topological polar surface area (TPSA) is 36.9 Å². The van der Waals surface area contributed by atoms with Gasteiger partial charge in [0.25, 0.3) is 0 Å². The lowest BCUT2D eigenvalue weighted by Gasteiger charge is -2.26. The Labute approximate surface area is 123 Å². The van der Waals surface area contributed by atoms with Crippen molar-refractivity contribution in [1.82, 2.24) is 14.8 Å². The van der Waals surface area contributed by atoms with Crippen LogP contribution in [-0.4, -0.2) is 21.8 Å². The van der Waals surface area contributed by atoms with Gasteiger partial charge in [-0.2, -0.15) is 0 Å². The number of nitrogens with zero attached hydrogens (tertiary/aromatic N) is 3. The summed E-state index contributed by atoms with van der Waals surface area (Å²) in [6.07, 6.45) is 0.961. The first-order valence-electron chi connectivity index (χ1n) is 6.68. The van der Waals surface area contributed by atoms with Gasteiger partial charge in [0, 0.05) is 19.2 Å². The van der Waals surface area contributed by atoms with E-state index in [1.807, 2.05) is 29.5 Å². The summed E-state index contributed by atoms with van der Waals surface area (Å²) in [7, 11) is 1.90. The molecule has 0 aliphatic heterocycles. The molecule has 1 aromatic heterocycles. The van der Waals surface area contributed by atoms with E-state index in [4.69, 9.17) is 12.2 Å². The molecule has 2 aromatic rings. The highest BCUT2D eigenvalue weighted by Gasteiger charge is 2.19. The third-order valence-corrected chi connectivity index (χ3v) is 3.75. The number of aromatic amines is 1. The Morgan fingerprint density at radius 2 is 2.15 bits per heavy atom. The molecule has 0 saturated heterocycles. The van der Waals surface area contributed by atoms with E-state index in [2.05, 4.69) is 17.1 Å². The van der Waals surface area contributed by atoms with Crippen molar-refractivity contribution in [3.05, 3.63) is 40.4 Å². The summed E-state index contributed by atoms with van der Waals surface area (Å²) < 4.78 is 16.4. The molecule has 0 saturated carbocycles. The molecule has 108 valence electrons. The molecule has 0 fully saturated rings. The van der Waals surface area contributed by atoms with Gasteiger partial charge in [0.2, 0.25) is 5.95 Å². The van der Waals surface area contributed by atoms with Crippen molar-refractivity contribution in [2.24, 2.45) is 0 Å². The number of hydrogen-bond donors (Lipinski definition) is 1. The van der Waals surface area contributed by atoms with Gasteiger partial charge in [0.1, 0.15) is 5.82 Å². The van der Waals surface area contributed by atoms with Gasteiger partial charge in [-0.1, -0.05) is 25.1 Å². The quantitative estimate of drug-likeness (QED) is 0.855. The van der Waals surface area contributed by atoms with Crippen LogP contribution in [0.2, 0.25) is 0 Å². The number of benzene rings is 1. The fourth-order valence-corrected chi connectivity index (χ4v) is 2.42.